The van der Waals surface area contributed by atoms with E-state index in [2.05, 4.69) is 25.3 Å². The smallest absolute Gasteiger partial charge is 0.180 e. The molecule has 6 nitrogen and oxygen atoms in total. The summed E-state index contributed by atoms with van der Waals surface area (Å²) in [6.45, 7) is 3.84. The predicted octanol–water partition coefficient (Wildman–Crippen LogP) is 3.48. The van der Waals surface area contributed by atoms with Gasteiger partial charge in [-0.25, -0.2) is 9.67 Å². The van der Waals surface area contributed by atoms with Gasteiger partial charge in [0.25, 0.3) is 0 Å². The van der Waals surface area contributed by atoms with Crippen LogP contribution < -0.4 is 0 Å². The van der Waals surface area contributed by atoms with Crippen LogP contribution in [-0.2, 0) is 0 Å². The highest BCUT2D eigenvalue weighted by Crippen LogP contribution is 2.30. The lowest BCUT2D eigenvalue weighted by Gasteiger charge is -2.09. The van der Waals surface area contributed by atoms with E-state index in [1.807, 2.05) is 38.2 Å². The van der Waals surface area contributed by atoms with E-state index in [0.29, 0.717) is 10.8 Å². The Hall–Kier alpha value is -2.73. The third kappa shape index (κ3) is 2.37. The highest BCUT2D eigenvalue weighted by atomic mass is 35.5. The van der Waals surface area contributed by atoms with Gasteiger partial charge < -0.3 is 0 Å². The van der Waals surface area contributed by atoms with Crippen LogP contribution in [0.4, 0.5) is 0 Å². The second kappa shape index (κ2) is 5.17. The van der Waals surface area contributed by atoms with E-state index in [-0.39, 0.29) is 0 Å². The molecule has 3 heterocycles. The van der Waals surface area contributed by atoms with Crippen LogP contribution in [0.1, 0.15) is 11.4 Å². The zero-order chi connectivity index (χ0) is 16.0. The minimum atomic E-state index is 0.597. The molecular weight excluding hydrogens is 312 g/mol. The van der Waals surface area contributed by atoms with Crippen LogP contribution in [0.2, 0.25) is 5.02 Å². The van der Waals surface area contributed by atoms with Gasteiger partial charge in [0, 0.05) is 23.3 Å². The second-order valence-electron chi connectivity index (χ2n) is 5.38. The Kier molecular flexibility index (Phi) is 3.12. The minimum absolute atomic E-state index is 0.597. The van der Waals surface area contributed by atoms with Crippen molar-refractivity contribution in [1.29, 1.82) is 0 Å². The van der Waals surface area contributed by atoms with Crippen molar-refractivity contribution in [2.75, 3.05) is 0 Å². The van der Waals surface area contributed by atoms with Crippen LogP contribution in [-0.4, -0.2) is 29.9 Å². The van der Waals surface area contributed by atoms with Crippen molar-refractivity contribution in [2.45, 2.75) is 13.8 Å². The second-order valence-corrected chi connectivity index (χ2v) is 5.78. The number of hydrogen-bond donors (Lipinski definition) is 1. The number of fused-ring (bicyclic) bond motifs is 1. The summed E-state index contributed by atoms with van der Waals surface area (Å²) in [6, 6.07) is 5.78. The standard InChI is InChI=1S/C16H13ClN6/c1-9-3-4-23(22-9)16-15(18-7-10(2)20-16)11-5-12-8-19-21-14(12)13(17)6-11/h3-8H,1-2H3,(H,19,21). The van der Waals surface area contributed by atoms with Crippen molar-refractivity contribution >= 4 is 22.5 Å². The number of nitrogens with zero attached hydrogens (tertiary/aromatic N) is 5. The van der Waals surface area contributed by atoms with Crippen molar-refractivity contribution in [3.63, 3.8) is 0 Å². The number of benzene rings is 1. The van der Waals surface area contributed by atoms with Gasteiger partial charge in [-0.15, -0.1) is 0 Å². The number of aromatic nitrogens is 6. The van der Waals surface area contributed by atoms with Crippen LogP contribution >= 0.6 is 11.6 Å². The van der Waals surface area contributed by atoms with E-state index >= 15 is 0 Å². The first-order chi connectivity index (χ1) is 11.1. The molecule has 23 heavy (non-hydrogen) atoms. The Morgan fingerprint density at radius 1 is 1.13 bits per heavy atom. The SMILES string of the molecule is Cc1cnc(-c2cc(Cl)c3[nH]ncc3c2)c(-n2ccc(C)n2)n1. The normalized spacial score (nSPS) is 11.3. The molecular formula is C16H13ClN6. The molecule has 0 saturated carbocycles. The Labute approximate surface area is 137 Å². The van der Waals surface area contributed by atoms with Gasteiger partial charge in [0.1, 0.15) is 5.69 Å². The van der Waals surface area contributed by atoms with E-state index in [1.54, 1.807) is 17.1 Å². The van der Waals surface area contributed by atoms with E-state index in [4.69, 9.17) is 11.6 Å². The molecule has 0 saturated heterocycles. The Morgan fingerprint density at radius 3 is 2.78 bits per heavy atom. The third-order valence-electron chi connectivity index (χ3n) is 3.59. The summed E-state index contributed by atoms with van der Waals surface area (Å²) in [5, 5.41) is 12.9. The Bertz CT molecular complexity index is 1020. The maximum atomic E-state index is 6.35. The van der Waals surface area contributed by atoms with Crippen molar-refractivity contribution in [3.8, 4) is 17.1 Å². The summed E-state index contributed by atoms with van der Waals surface area (Å²) in [7, 11) is 0. The highest BCUT2D eigenvalue weighted by molar-refractivity contribution is 6.35. The zero-order valence-corrected chi connectivity index (χ0v) is 13.3. The van der Waals surface area contributed by atoms with E-state index in [0.717, 1.165) is 33.5 Å². The Balaban J connectivity index is 1.97. The van der Waals surface area contributed by atoms with Crippen molar-refractivity contribution in [1.82, 2.24) is 29.9 Å². The number of halogens is 1. The molecule has 0 aliphatic carbocycles. The summed E-state index contributed by atoms with van der Waals surface area (Å²) in [4.78, 5) is 9.16. The molecule has 4 aromatic rings. The van der Waals surface area contributed by atoms with Gasteiger partial charge in [0.05, 0.1) is 28.1 Å². The summed E-state index contributed by atoms with van der Waals surface area (Å²) >= 11 is 6.35. The summed E-state index contributed by atoms with van der Waals surface area (Å²) < 4.78 is 1.73. The fourth-order valence-corrected chi connectivity index (χ4v) is 2.78. The molecule has 0 unspecified atom stereocenters. The van der Waals surface area contributed by atoms with Crippen LogP contribution in [0.3, 0.4) is 0 Å². The van der Waals surface area contributed by atoms with Crippen molar-refractivity contribution in [3.05, 3.63) is 53.2 Å². The van der Waals surface area contributed by atoms with Gasteiger partial charge in [-0.2, -0.15) is 10.2 Å². The fourth-order valence-electron chi connectivity index (χ4n) is 2.51. The largest absolute Gasteiger partial charge is 0.276 e. The molecule has 0 aliphatic heterocycles. The highest BCUT2D eigenvalue weighted by Gasteiger charge is 2.14. The quantitative estimate of drug-likeness (QED) is 0.612. The molecule has 1 aromatic carbocycles. The first-order valence-corrected chi connectivity index (χ1v) is 7.49. The molecule has 0 aliphatic rings. The summed E-state index contributed by atoms with van der Waals surface area (Å²) in [6.07, 6.45) is 5.35. The number of aryl methyl sites for hydroxylation is 2. The van der Waals surface area contributed by atoms with Crippen molar-refractivity contribution < 1.29 is 0 Å². The maximum Gasteiger partial charge on any atom is 0.180 e. The average Bonchev–Trinajstić information content (AvgIpc) is 3.16. The topological polar surface area (TPSA) is 72.3 Å². The van der Waals surface area contributed by atoms with E-state index < -0.39 is 0 Å². The van der Waals surface area contributed by atoms with Gasteiger partial charge in [0.15, 0.2) is 5.82 Å². The lowest BCUT2D eigenvalue weighted by atomic mass is 10.1. The molecule has 0 radical (unpaired) electrons. The molecule has 4 rings (SSSR count). The summed E-state index contributed by atoms with van der Waals surface area (Å²) in [5.74, 6) is 0.678. The average molecular weight is 325 g/mol. The van der Waals surface area contributed by atoms with Gasteiger partial charge in [0.2, 0.25) is 0 Å². The third-order valence-corrected chi connectivity index (χ3v) is 3.89. The van der Waals surface area contributed by atoms with Gasteiger partial charge in [-0.3, -0.25) is 10.1 Å². The number of hydrogen-bond acceptors (Lipinski definition) is 4. The molecule has 0 atom stereocenters. The lowest BCUT2D eigenvalue weighted by Crippen LogP contribution is -2.04. The molecule has 1 N–H and O–H groups in total. The molecule has 114 valence electrons. The van der Waals surface area contributed by atoms with Gasteiger partial charge in [-0.1, -0.05) is 11.6 Å². The minimum Gasteiger partial charge on any atom is -0.276 e. The molecule has 7 heteroatoms. The lowest BCUT2D eigenvalue weighted by molar-refractivity contribution is 0.821. The zero-order valence-electron chi connectivity index (χ0n) is 12.6. The van der Waals surface area contributed by atoms with Crippen LogP contribution in [0.25, 0.3) is 28.0 Å². The maximum absolute atomic E-state index is 6.35. The van der Waals surface area contributed by atoms with Gasteiger partial charge >= 0.3 is 0 Å². The number of rotatable bonds is 2. The predicted molar refractivity (Wildman–Crippen MR) is 88.7 cm³/mol. The van der Waals surface area contributed by atoms with Crippen LogP contribution in [0.15, 0.2) is 36.8 Å². The van der Waals surface area contributed by atoms with Crippen LogP contribution in [0.5, 0.6) is 0 Å². The molecule has 0 bridgehead atoms. The molecule has 0 fully saturated rings. The number of aromatic amines is 1. The molecule has 3 aromatic heterocycles. The van der Waals surface area contributed by atoms with Crippen LogP contribution in [0, 0.1) is 13.8 Å². The Morgan fingerprint density at radius 2 is 2.00 bits per heavy atom. The van der Waals surface area contributed by atoms with E-state index in [1.165, 1.54) is 0 Å². The van der Waals surface area contributed by atoms with Crippen molar-refractivity contribution in [2.24, 2.45) is 0 Å². The molecule has 0 spiro atoms. The number of H-pyrrole nitrogens is 1. The monoisotopic (exact) mass is 324 g/mol. The summed E-state index contributed by atoms with van der Waals surface area (Å²) in [5.41, 5.74) is 4.16. The fraction of sp³-hybridized carbons (Fsp3) is 0.125. The first kappa shape index (κ1) is 13.9. The first-order valence-electron chi connectivity index (χ1n) is 7.11. The van der Waals surface area contributed by atoms with E-state index in [9.17, 15) is 0 Å². The van der Waals surface area contributed by atoms with Gasteiger partial charge in [-0.05, 0) is 32.0 Å². The number of nitrogens with one attached hydrogen (secondary N) is 1. The molecule has 0 amide bonds.